The summed E-state index contributed by atoms with van der Waals surface area (Å²) in [5.74, 6) is 0. The molecule has 9 aromatic carbocycles. The Morgan fingerprint density at radius 2 is 0.820 bits per heavy atom. The van der Waals surface area contributed by atoms with Gasteiger partial charge in [-0.25, -0.2) is 0 Å². The lowest BCUT2D eigenvalue weighted by molar-refractivity contribution is 1.17. The van der Waals surface area contributed by atoms with E-state index in [-0.39, 0.29) is 6.85 Å². The number of anilines is 6. The second-order valence-electron chi connectivity index (χ2n) is 16.3. The molecule has 4 nitrogen and oxygen atoms in total. The average Bonchev–Trinajstić information content (AvgIpc) is 3.83. The van der Waals surface area contributed by atoms with E-state index in [2.05, 4.69) is 245 Å². The van der Waals surface area contributed by atoms with E-state index in [1.807, 2.05) is 0 Å². The number of aryl methyl sites for hydroxylation is 2. The lowest BCUT2D eigenvalue weighted by Gasteiger charge is -2.31. The molecule has 0 fully saturated rings. The van der Waals surface area contributed by atoms with Gasteiger partial charge in [0.1, 0.15) is 0 Å². The Labute approximate surface area is 355 Å². The quantitative estimate of drug-likeness (QED) is 0.150. The summed E-state index contributed by atoms with van der Waals surface area (Å²) in [5.41, 5.74) is 18.0. The molecule has 0 spiro atoms. The number of benzene rings is 9. The predicted octanol–water partition coefficient (Wildman–Crippen LogP) is 13.4. The monoisotopic (exact) mass is 780 g/mol. The third-order valence-corrected chi connectivity index (χ3v) is 12.7. The van der Waals surface area contributed by atoms with Crippen LogP contribution >= 0.6 is 0 Å². The van der Waals surface area contributed by atoms with Gasteiger partial charge in [-0.2, -0.15) is 0 Å². The van der Waals surface area contributed by atoms with E-state index >= 15 is 0 Å². The molecule has 0 aliphatic carbocycles. The number of para-hydroxylation sites is 7. The largest absolute Gasteiger partial charge is 0.375 e. The van der Waals surface area contributed by atoms with Crippen molar-refractivity contribution in [2.24, 2.45) is 0 Å². The van der Waals surface area contributed by atoms with Crippen LogP contribution in [0.4, 0.5) is 34.1 Å². The zero-order chi connectivity index (χ0) is 40.6. The molecule has 3 heterocycles. The van der Waals surface area contributed by atoms with E-state index in [0.717, 1.165) is 34.1 Å². The van der Waals surface area contributed by atoms with E-state index in [0.29, 0.717) is 0 Å². The fourth-order valence-corrected chi connectivity index (χ4v) is 10.2. The second-order valence-corrected chi connectivity index (χ2v) is 16.3. The highest BCUT2D eigenvalue weighted by molar-refractivity contribution is 6.88. The summed E-state index contributed by atoms with van der Waals surface area (Å²) in [5, 5.41) is 5.00. The fraction of sp³-hybridized carbons (Fsp3) is 0.0357. The SMILES string of the molecule is Cc1cccc2c3cccc(C)c3n(B3c4ccccc4-n4c5ccc(N(c6ccccc6)c6ccccc6)cc5c5cc(N(c6ccccc6)c6ccccc6)cc3c54)c12. The van der Waals surface area contributed by atoms with Gasteiger partial charge in [0.2, 0.25) is 0 Å². The molecule has 0 saturated heterocycles. The fourth-order valence-electron chi connectivity index (χ4n) is 10.2. The third-order valence-electron chi connectivity index (χ3n) is 12.7. The van der Waals surface area contributed by atoms with Crippen LogP contribution < -0.4 is 20.7 Å². The van der Waals surface area contributed by atoms with Gasteiger partial charge in [0.25, 0.3) is 0 Å². The molecule has 1 aliphatic rings. The molecule has 11 aromatic rings. The van der Waals surface area contributed by atoms with Gasteiger partial charge in [-0.05, 0) is 121 Å². The summed E-state index contributed by atoms with van der Waals surface area (Å²) >= 11 is 0. The first-order valence-electron chi connectivity index (χ1n) is 21.1. The summed E-state index contributed by atoms with van der Waals surface area (Å²) in [7, 11) is 0. The van der Waals surface area contributed by atoms with Crippen molar-refractivity contribution >= 4 is 95.5 Å². The van der Waals surface area contributed by atoms with E-state index in [9.17, 15) is 0 Å². The Kier molecular flexibility index (Phi) is 8.04. The van der Waals surface area contributed by atoms with Gasteiger partial charge in [-0.1, -0.05) is 127 Å². The van der Waals surface area contributed by atoms with E-state index < -0.39 is 0 Å². The molecule has 12 rings (SSSR count). The molecule has 0 unspecified atom stereocenters. The van der Waals surface area contributed by atoms with Crippen LogP contribution in [-0.4, -0.2) is 15.9 Å². The lowest BCUT2D eigenvalue weighted by atomic mass is 9.48. The Bertz CT molecular complexity index is 3310. The smallest absolute Gasteiger partial charge is 0.332 e. The van der Waals surface area contributed by atoms with Crippen LogP contribution in [0.15, 0.2) is 212 Å². The number of hydrogen-bond donors (Lipinski definition) is 0. The van der Waals surface area contributed by atoms with Crippen LogP contribution in [-0.2, 0) is 0 Å². The first-order valence-corrected chi connectivity index (χ1v) is 21.1. The number of aromatic nitrogens is 2. The Morgan fingerprint density at radius 3 is 1.36 bits per heavy atom. The molecule has 2 aromatic heterocycles. The first-order chi connectivity index (χ1) is 30.1. The Hall–Kier alpha value is -7.76. The third kappa shape index (κ3) is 5.40. The Morgan fingerprint density at radius 1 is 0.344 bits per heavy atom. The van der Waals surface area contributed by atoms with Crippen LogP contribution in [0.1, 0.15) is 11.1 Å². The highest BCUT2D eigenvalue weighted by Gasteiger charge is 2.38. The van der Waals surface area contributed by atoms with Crippen LogP contribution in [0.25, 0.3) is 49.3 Å². The van der Waals surface area contributed by atoms with Crippen molar-refractivity contribution in [1.82, 2.24) is 9.05 Å². The second kappa shape index (κ2) is 13.9. The van der Waals surface area contributed by atoms with Crippen molar-refractivity contribution in [2.75, 3.05) is 9.80 Å². The van der Waals surface area contributed by atoms with E-state index in [4.69, 9.17) is 0 Å². The highest BCUT2D eigenvalue weighted by Crippen LogP contribution is 2.44. The van der Waals surface area contributed by atoms with Crippen LogP contribution in [0.5, 0.6) is 0 Å². The summed E-state index contributed by atoms with van der Waals surface area (Å²) in [4.78, 5) is 4.79. The standard InChI is InChI=1S/C56H41BN4/c1-38-19-17-29-46-47-30-18-20-39(2)55(47)61(54(38)46)57-50-31-15-16-32-53(50)60-52-34-33-44(58(40-21-7-3-8-22-40)41-23-9-4-10-24-41)35-48(52)49-36-45(37-51(57)56(49)60)59(42-25-11-5-12-26-42)43-27-13-6-14-28-43/h3-37H,1-2H3. The molecular weight excluding hydrogens is 739 g/mol. The zero-order valence-electron chi connectivity index (χ0n) is 34.1. The maximum absolute atomic E-state index is 2.67. The molecular formula is C56H41BN4. The van der Waals surface area contributed by atoms with Crippen LogP contribution in [0, 0.1) is 13.8 Å². The van der Waals surface area contributed by atoms with Gasteiger partial charge in [-0.3, -0.25) is 0 Å². The van der Waals surface area contributed by atoms with Crippen molar-refractivity contribution in [3.05, 3.63) is 223 Å². The van der Waals surface area contributed by atoms with Crippen LogP contribution in [0.3, 0.4) is 0 Å². The van der Waals surface area contributed by atoms with Gasteiger partial charge < -0.3 is 18.8 Å². The van der Waals surface area contributed by atoms with Crippen LogP contribution in [0.2, 0.25) is 0 Å². The zero-order valence-corrected chi connectivity index (χ0v) is 34.1. The topological polar surface area (TPSA) is 16.3 Å². The maximum atomic E-state index is 2.67. The highest BCUT2D eigenvalue weighted by atomic mass is 15.2. The van der Waals surface area contributed by atoms with Gasteiger partial charge in [0, 0.05) is 72.4 Å². The molecule has 0 atom stereocenters. The number of hydrogen-bond acceptors (Lipinski definition) is 2. The normalized spacial score (nSPS) is 12.1. The summed E-state index contributed by atoms with van der Waals surface area (Å²) in [6.07, 6.45) is 0. The molecule has 0 bridgehead atoms. The molecule has 1 aliphatic heterocycles. The minimum atomic E-state index is -0.115. The summed E-state index contributed by atoms with van der Waals surface area (Å²) in [6, 6.07) is 77.6. The first kappa shape index (κ1) is 35.2. The average molecular weight is 781 g/mol. The lowest BCUT2D eigenvalue weighted by Crippen LogP contribution is -2.53. The van der Waals surface area contributed by atoms with Gasteiger partial charge in [0.15, 0.2) is 0 Å². The molecule has 5 heteroatoms. The van der Waals surface area contributed by atoms with Crippen molar-refractivity contribution in [2.45, 2.75) is 13.8 Å². The molecule has 0 radical (unpaired) electrons. The number of nitrogens with zero attached hydrogens (tertiary/aromatic N) is 4. The minimum Gasteiger partial charge on any atom is -0.375 e. The molecule has 288 valence electrons. The molecule has 0 saturated carbocycles. The summed E-state index contributed by atoms with van der Waals surface area (Å²) < 4.78 is 5.21. The molecule has 61 heavy (non-hydrogen) atoms. The van der Waals surface area contributed by atoms with E-state index in [1.54, 1.807) is 0 Å². The van der Waals surface area contributed by atoms with Crippen molar-refractivity contribution in [1.29, 1.82) is 0 Å². The Balaban J connectivity index is 1.24. The number of rotatable bonds is 7. The number of fused-ring (bicyclic) bond motifs is 8. The van der Waals surface area contributed by atoms with Gasteiger partial charge in [-0.15, -0.1) is 0 Å². The van der Waals surface area contributed by atoms with Crippen molar-refractivity contribution in [3.8, 4) is 5.69 Å². The molecule has 0 amide bonds. The van der Waals surface area contributed by atoms with E-state index in [1.165, 1.54) is 71.4 Å². The van der Waals surface area contributed by atoms with Gasteiger partial charge in [0.05, 0.1) is 11.0 Å². The minimum absolute atomic E-state index is 0.115. The molecule has 0 N–H and O–H groups in total. The maximum Gasteiger partial charge on any atom is 0.332 e. The predicted molar refractivity (Wildman–Crippen MR) is 259 cm³/mol. The van der Waals surface area contributed by atoms with Crippen molar-refractivity contribution < 1.29 is 0 Å². The van der Waals surface area contributed by atoms with Gasteiger partial charge >= 0.3 is 6.85 Å². The van der Waals surface area contributed by atoms with Crippen molar-refractivity contribution in [3.63, 3.8) is 0 Å². The summed E-state index contributed by atoms with van der Waals surface area (Å²) in [6.45, 7) is 4.42.